The maximum Gasteiger partial charge on any atom is 0.303 e. The van der Waals surface area contributed by atoms with Gasteiger partial charge in [-0.1, -0.05) is 37.3 Å². The van der Waals surface area contributed by atoms with Crippen molar-refractivity contribution in [2.75, 3.05) is 0 Å². The van der Waals surface area contributed by atoms with Crippen LogP contribution in [0, 0.1) is 3.77 Å². The van der Waals surface area contributed by atoms with Crippen LogP contribution in [0.25, 0.3) is 0 Å². The highest BCUT2D eigenvalue weighted by molar-refractivity contribution is 14.1. The fraction of sp³-hybridized carbons (Fsp3) is 0.692. The molecule has 0 amide bonds. The number of carboxylic acid groups (broad SMARTS) is 1. The Bertz CT molecular complexity index is 352. The summed E-state index contributed by atoms with van der Waals surface area (Å²) in [6, 6.07) is 1.98. The Morgan fingerprint density at radius 3 is 2.33 bits per heavy atom. The third-order valence-electron chi connectivity index (χ3n) is 2.85. The van der Waals surface area contributed by atoms with E-state index in [9.17, 15) is 4.79 Å². The number of aryl methyl sites for hydroxylation is 1. The van der Waals surface area contributed by atoms with Gasteiger partial charge in [-0.2, -0.15) is 0 Å². The Hall–Kier alpha value is -0.590. The number of hydrogen-bond acceptors (Lipinski definition) is 3. The molecule has 0 fully saturated rings. The molecule has 1 aromatic rings. The Balaban J connectivity index is 1.85. The average Bonchev–Trinajstić information content (AvgIpc) is 2.72. The van der Waals surface area contributed by atoms with Crippen molar-refractivity contribution in [3.63, 3.8) is 0 Å². The van der Waals surface area contributed by atoms with Gasteiger partial charge in [-0.25, -0.2) is 0 Å². The minimum Gasteiger partial charge on any atom is -0.481 e. The first-order valence-electron chi connectivity index (χ1n) is 6.51. The van der Waals surface area contributed by atoms with Crippen LogP contribution in [-0.4, -0.2) is 16.2 Å². The predicted octanol–water partition coefficient (Wildman–Crippen LogP) is 4.03. The van der Waals surface area contributed by atoms with Gasteiger partial charge in [-0.05, 0) is 19.3 Å². The molecule has 0 aromatic carbocycles. The van der Waals surface area contributed by atoms with Crippen molar-refractivity contribution in [1.82, 2.24) is 5.16 Å². The van der Waals surface area contributed by atoms with Crippen molar-refractivity contribution in [3.05, 3.63) is 15.5 Å². The van der Waals surface area contributed by atoms with Crippen LogP contribution in [0.15, 0.2) is 10.6 Å². The summed E-state index contributed by atoms with van der Waals surface area (Å²) in [7, 11) is 0. The first kappa shape index (κ1) is 15.5. The second-order valence-electron chi connectivity index (χ2n) is 4.49. The van der Waals surface area contributed by atoms with Gasteiger partial charge < -0.3 is 9.63 Å². The summed E-state index contributed by atoms with van der Waals surface area (Å²) in [6.07, 6.45) is 9.09. The van der Waals surface area contributed by atoms with Crippen LogP contribution in [-0.2, 0) is 11.2 Å². The van der Waals surface area contributed by atoms with Gasteiger partial charge in [0.25, 0.3) is 0 Å². The number of aliphatic carboxylic acids is 1. The summed E-state index contributed by atoms with van der Waals surface area (Å²) in [5.74, 6) is -0.683. The highest BCUT2D eigenvalue weighted by atomic mass is 127. The van der Waals surface area contributed by atoms with Gasteiger partial charge in [0.05, 0.1) is 5.69 Å². The standard InChI is InChI=1S/C13H20INO3/c14-12-10-11(15-18-12)8-6-4-2-1-3-5-7-9-13(16)17/h10H,1-9H2,(H,16,17). The maximum absolute atomic E-state index is 10.3. The molecular formula is C13H20INO3. The molecular weight excluding hydrogens is 345 g/mol. The van der Waals surface area contributed by atoms with E-state index in [0.717, 1.165) is 41.6 Å². The molecule has 0 aliphatic heterocycles. The highest BCUT2D eigenvalue weighted by Crippen LogP contribution is 2.12. The van der Waals surface area contributed by atoms with Crippen LogP contribution in [0.4, 0.5) is 0 Å². The van der Waals surface area contributed by atoms with Crippen LogP contribution in [0.3, 0.4) is 0 Å². The number of halogens is 1. The van der Waals surface area contributed by atoms with Crippen molar-refractivity contribution in [2.45, 2.75) is 57.8 Å². The maximum atomic E-state index is 10.3. The normalized spacial score (nSPS) is 10.7. The smallest absolute Gasteiger partial charge is 0.303 e. The largest absolute Gasteiger partial charge is 0.481 e. The lowest BCUT2D eigenvalue weighted by Gasteiger charge is -2.00. The molecule has 102 valence electrons. The van der Waals surface area contributed by atoms with E-state index < -0.39 is 5.97 Å². The fourth-order valence-corrected chi connectivity index (χ4v) is 2.33. The van der Waals surface area contributed by atoms with E-state index in [1.54, 1.807) is 0 Å². The second kappa shape index (κ2) is 9.35. The third-order valence-corrected chi connectivity index (χ3v) is 3.36. The molecule has 0 radical (unpaired) electrons. The van der Waals surface area contributed by atoms with Crippen LogP contribution >= 0.6 is 22.6 Å². The molecule has 0 atom stereocenters. The van der Waals surface area contributed by atoms with Crippen molar-refractivity contribution in [2.24, 2.45) is 0 Å². The summed E-state index contributed by atoms with van der Waals surface area (Å²) < 4.78 is 5.84. The molecule has 1 aromatic heterocycles. The van der Waals surface area contributed by atoms with Crippen LogP contribution in [0.2, 0.25) is 0 Å². The molecule has 4 nitrogen and oxygen atoms in total. The van der Waals surface area contributed by atoms with E-state index in [-0.39, 0.29) is 0 Å². The van der Waals surface area contributed by atoms with Gasteiger partial charge in [0.1, 0.15) is 0 Å². The second-order valence-corrected chi connectivity index (χ2v) is 5.55. The first-order valence-corrected chi connectivity index (χ1v) is 7.59. The number of nitrogens with zero attached hydrogens (tertiary/aromatic N) is 1. The molecule has 1 heterocycles. The van der Waals surface area contributed by atoms with Gasteiger partial charge in [0.15, 0.2) is 3.77 Å². The number of carbonyl (C=O) groups is 1. The lowest BCUT2D eigenvalue weighted by molar-refractivity contribution is -0.137. The predicted molar refractivity (Wildman–Crippen MR) is 77.5 cm³/mol. The van der Waals surface area contributed by atoms with E-state index >= 15 is 0 Å². The molecule has 0 aliphatic rings. The lowest BCUT2D eigenvalue weighted by Crippen LogP contribution is -1.93. The number of hydrogen-bond donors (Lipinski definition) is 1. The van der Waals surface area contributed by atoms with Crippen molar-refractivity contribution < 1.29 is 14.4 Å². The topological polar surface area (TPSA) is 63.3 Å². The van der Waals surface area contributed by atoms with E-state index in [1.165, 1.54) is 19.3 Å². The molecule has 18 heavy (non-hydrogen) atoms. The molecule has 1 N–H and O–H groups in total. The molecule has 0 spiro atoms. The molecule has 0 saturated carbocycles. The summed E-state index contributed by atoms with van der Waals surface area (Å²) in [5.41, 5.74) is 1.04. The number of rotatable bonds is 10. The van der Waals surface area contributed by atoms with E-state index in [4.69, 9.17) is 9.63 Å². The van der Waals surface area contributed by atoms with Crippen molar-refractivity contribution in [3.8, 4) is 0 Å². The Labute approximate surface area is 121 Å². The summed E-state index contributed by atoms with van der Waals surface area (Å²) in [5, 5.41) is 12.4. The van der Waals surface area contributed by atoms with Gasteiger partial charge in [0, 0.05) is 35.1 Å². The minimum atomic E-state index is -0.683. The average molecular weight is 365 g/mol. The molecule has 1 rings (SSSR count). The van der Waals surface area contributed by atoms with E-state index in [2.05, 4.69) is 27.7 Å². The lowest BCUT2D eigenvalue weighted by atomic mass is 10.1. The number of aromatic nitrogens is 1. The Morgan fingerprint density at radius 1 is 1.17 bits per heavy atom. The molecule has 0 aliphatic carbocycles. The molecule has 0 unspecified atom stereocenters. The Morgan fingerprint density at radius 2 is 1.78 bits per heavy atom. The van der Waals surface area contributed by atoms with E-state index in [1.807, 2.05) is 6.07 Å². The monoisotopic (exact) mass is 365 g/mol. The van der Waals surface area contributed by atoms with Gasteiger partial charge in [-0.15, -0.1) is 0 Å². The zero-order valence-electron chi connectivity index (χ0n) is 10.5. The molecule has 0 bridgehead atoms. The summed E-state index contributed by atoms with van der Waals surface area (Å²) >= 11 is 2.12. The molecule has 5 heteroatoms. The highest BCUT2D eigenvalue weighted by Gasteiger charge is 2.01. The van der Waals surface area contributed by atoms with Crippen LogP contribution in [0.1, 0.15) is 57.1 Å². The van der Waals surface area contributed by atoms with Crippen LogP contribution < -0.4 is 0 Å². The Kier molecular flexibility index (Phi) is 8.04. The first-order chi connectivity index (χ1) is 8.68. The SMILES string of the molecule is O=C(O)CCCCCCCCCc1cc(I)on1. The van der Waals surface area contributed by atoms with E-state index in [0.29, 0.717) is 6.42 Å². The van der Waals surface area contributed by atoms with Crippen molar-refractivity contribution in [1.29, 1.82) is 0 Å². The third kappa shape index (κ3) is 7.68. The van der Waals surface area contributed by atoms with Crippen molar-refractivity contribution >= 4 is 28.6 Å². The summed E-state index contributed by atoms with van der Waals surface area (Å²) in [4.78, 5) is 10.3. The number of carboxylic acids is 1. The fourth-order valence-electron chi connectivity index (χ4n) is 1.87. The van der Waals surface area contributed by atoms with Gasteiger partial charge >= 0.3 is 5.97 Å². The van der Waals surface area contributed by atoms with Gasteiger partial charge in [-0.3, -0.25) is 4.79 Å². The zero-order chi connectivity index (χ0) is 13.2. The van der Waals surface area contributed by atoms with Gasteiger partial charge in [0.2, 0.25) is 0 Å². The van der Waals surface area contributed by atoms with Crippen LogP contribution in [0.5, 0.6) is 0 Å². The summed E-state index contributed by atoms with van der Waals surface area (Å²) in [6.45, 7) is 0. The molecule has 0 saturated heterocycles. The minimum absolute atomic E-state index is 0.310. The zero-order valence-corrected chi connectivity index (χ0v) is 12.7. The number of unbranched alkanes of at least 4 members (excludes halogenated alkanes) is 6. The quantitative estimate of drug-likeness (QED) is 0.502.